The van der Waals surface area contributed by atoms with Gasteiger partial charge >= 0.3 is 5.91 Å². The first-order valence-corrected chi connectivity index (χ1v) is 13.3. The number of carbonyl (C=O) groups excluding carboxylic acids is 3. The smallest absolute Gasteiger partial charge is 0.320 e. The molecule has 0 unspecified atom stereocenters. The maximum atomic E-state index is 13.5. The highest BCUT2D eigenvalue weighted by Gasteiger charge is 2.22. The summed E-state index contributed by atoms with van der Waals surface area (Å²) in [6, 6.07) is 11.4. The number of phenols is 2. The Hall–Kier alpha value is -5.80. The second-order valence-electron chi connectivity index (χ2n) is 9.83. The van der Waals surface area contributed by atoms with Gasteiger partial charge in [-0.05, 0) is 43.4 Å². The van der Waals surface area contributed by atoms with Crippen LogP contribution in [0.1, 0.15) is 42.5 Å². The SMILES string of the molecule is CN1CCN(C(=O)c2cc(/C(N)=C/Nc3ccc(C=O)c(O)c3)nc(/C(=C/Nc3ccc(C(=O)N=O)c(O)c3)NN)c2)CC1. The van der Waals surface area contributed by atoms with Crippen LogP contribution in [0.25, 0.3) is 11.4 Å². The zero-order valence-electron chi connectivity index (χ0n) is 23.7. The number of carbonyl (C=O) groups is 3. The van der Waals surface area contributed by atoms with Crippen LogP contribution in [0.4, 0.5) is 11.4 Å². The Morgan fingerprint density at radius 3 is 2.18 bits per heavy atom. The topological polar surface area (TPSA) is 229 Å². The molecule has 0 atom stereocenters. The molecule has 1 aliphatic heterocycles. The summed E-state index contributed by atoms with van der Waals surface area (Å²) in [5.74, 6) is 3.83. The molecular formula is C29H31N9O6. The highest BCUT2D eigenvalue weighted by Crippen LogP contribution is 2.25. The van der Waals surface area contributed by atoms with E-state index < -0.39 is 11.7 Å². The summed E-state index contributed by atoms with van der Waals surface area (Å²) >= 11 is 0. The van der Waals surface area contributed by atoms with Crippen LogP contribution in [0.15, 0.2) is 66.1 Å². The maximum absolute atomic E-state index is 13.5. The molecule has 1 fully saturated rings. The minimum absolute atomic E-state index is 0.133. The van der Waals surface area contributed by atoms with Gasteiger partial charge in [0, 0.05) is 72.8 Å². The third-order valence-electron chi connectivity index (χ3n) is 6.84. The number of piperazine rings is 1. The summed E-state index contributed by atoms with van der Waals surface area (Å²) in [6.45, 7) is 2.52. The fraction of sp³-hybridized carbons (Fsp3) is 0.172. The first-order valence-electron chi connectivity index (χ1n) is 13.3. The Morgan fingerprint density at radius 1 is 0.932 bits per heavy atom. The number of anilines is 2. The summed E-state index contributed by atoms with van der Waals surface area (Å²) in [7, 11) is 1.98. The third-order valence-corrected chi connectivity index (χ3v) is 6.84. The van der Waals surface area contributed by atoms with Crippen LogP contribution >= 0.6 is 0 Å². The number of aldehydes is 1. The number of hydrogen-bond donors (Lipinski definition) is 7. The summed E-state index contributed by atoms with van der Waals surface area (Å²) in [4.78, 5) is 55.0. The van der Waals surface area contributed by atoms with Crippen molar-refractivity contribution >= 4 is 40.9 Å². The number of rotatable bonds is 10. The van der Waals surface area contributed by atoms with E-state index in [1.165, 1.54) is 42.7 Å². The molecule has 2 amide bonds. The number of pyridine rings is 1. The lowest BCUT2D eigenvalue weighted by Gasteiger charge is -2.32. The van der Waals surface area contributed by atoms with Crippen molar-refractivity contribution in [2.24, 2.45) is 16.8 Å². The van der Waals surface area contributed by atoms with E-state index in [0.717, 1.165) is 13.1 Å². The number of aromatic hydroxyl groups is 2. The van der Waals surface area contributed by atoms with E-state index in [-0.39, 0.29) is 45.6 Å². The molecule has 0 spiro atoms. The molecule has 0 radical (unpaired) electrons. The number of nitrogens with two attached hydrogens (primary N) is 2. The van der Waals surface area contributed by atoms with Gasteiger partial charge in [-0.15, -0.1) is 4.91 Å². The average molecular weight is 602 g/mol. The zero-order valence-corrected chi connectivity index (χ0v) is 23.7. The molecule has 15 nitrogen and oxygen atoms in total. The quantitative estimate of drug-likeness (QED) is 0.0762. The van der Waals surface area contributed by atoms with Crippen LogP contribution in [0, 0.1) is 4.91 Å². The molecule has 0 bridgehead atoms. The van der Waals surface area contributed by atoms with E-state index in [1.807, 2.05) is 7.05 Å². The van der Waals surface area contributed by atoms with Gasteiger partial charge in [-0.1, -0.05) is 0 Å². The van der Waals surface area contributed by atoms with Crippen LogP contribution in [-0.4, -0.2) is 76.3 Å². The van der Waals surface area contributed by atoms with E-state index in [0.29, 0.717) is 36.3 Å². The van der Waals surface area contributed by atoms with Crippen molar-refractivity contribution < 1.29 is 24.6 Å². The second kappa shape index (κ2) is 13.9. The van der Waals surface area contributed by atoms with Gasteiger partial charge in [0.05, 0.1) is 33.9 Å². The number of nitroso groups, excluding NO2 is 1. The second-order valence-corrected chi connectivity index (χ2v) is 9.83. The molecule has 44 heavy (non-hydrogen) atoms. The monoisotopic (exact) mass is 601 g/mol. The van der Waals surface area contributed by atoms with Gasteiger partial charge in [0.2, 0.25) is 0 Å². The molecule has 3 aromatic rings. The number of benzene rings is 2. The Bertz CT molecular complexity index is 1650. The van der Waals surface area contributed by atoms with Gasteiger partial charge in [-0.3, -0.25) is 20.2 Å². The third kappa shape index (κ3) is 7.33. The normalized spacial score (nSPS) is 14.1. The Balaban J connectivity index is 1.68. The summed E-state index contributed by atoms with van der Waals surface area (Å²) < 4.78 is 0. The number of aromatic nitrogens is 1. The van der Waals surface area contributed by atoms with Gasteiger partial charge in [-0.2, -0.15) is 0 Å². The van der Waals surface area contributed by atoms with Crippen LogP contribution in [0.3, 0.4) is 0 Å². The van der Waals surface area contributed by atoms with Crippen LogP contribution in [0.2, 0.25) is 0 Å². The Labute approximate surface area is 251 Å². The van der Waals surface area contributed by atoms with Gasteiger partial charge in [0.1, 0.15) is 11.5 Å². The number of hydrogen-bond acceptors (Lipinski definition) is 13. The summed E-state index contributed by atoms with van der Waals surface area (Å²) in [5, 5.41) is 28.2. The molecule has 1 aliphatic rings. The number of phenolic OH excluding ortho intramolecular Hbond substituents is 2. The predicted molar refractivity (Wildman–Crippen MR) is 164 cm³/mol. The standard InChI is InChI=1S/C29H31N9O6/c1-37-6-8-38(9-7-37)29(43)18-10-23(22(30)14-32-19-3-2-17(16-39)26(40)12-19)34-24(11-18)25(35-31)15-33-20-4-5-21(27(41)13-20)28(42)36-44/h2-5,10-16,32-33,35,40-41H,6-9,30-31H2,1H3/b22-14-,25-15-. The molecule has 0 aliphatic carbocycles. The Kier molecular flexibility index (Phi) is 9.85. The van der Waals surface area contributed by atoms with Crippen molar-refractivity contribution in [1.29, 1.82) is 0 Å². The average Bonchev–Trinajstić information content (AvgIpc) is 3.03. The van der Waals surface area contributed by atoms with Gasteiger partial charge in [-0.25, -0.2) is 4.98 Å². The highest BCUT2D eigenvalue weighted by atomic mass is 16.3. The lowest BCUT2D eigenvalue weighted by atomic mass is 10.1. The molecular weight excluding hydrogens is 570 g/mol. The van der Waals surface area contributed by atoms with Gasteiger partial charge < -0.3 is 41.8 Å². The minimum Gasteiger partial charge on any atom is -0.507 e. The lowest BCUT2D eigenvalue weighted by molar-refractivity contribution is 0.0663. The molecule has 228 valence electrons. The van der Waals surface area contributed by atoms with Crippen molar-refractivity contribution in [2.75, 3.05) is 43.9 Å². The number of likely N-dealkylation sites (N-methyl/N-ethyl adjacent to an activating group) is 1. The fourth-order valence-corrected chi connectivity index (χ4v) is 4.30. The number of nitrogens with one attached hydrogen (secondary N) is 3. The van der Waals surface area contributed by atoms with Crippen molar-refractivity contribution in [3.63, 3.8) is 0 Å². The molecule has 9 N–H and O–H groups in total. The zero-order chi connectivity index (χ0) is 31.8. The summed E-state index contributed by atoms with van der Waals surface area (Å²) in [6.07, 6.45) is 3.40. The molecule has 0 saturated carbocycles. The summed E-state index contributed by atoms with van der Waals surface area (Å²) in [5.41, 5.74) is 10.8. The van der Waals surface area contributed by atoms with Crippen LogP contribution in [0.5, 0.6) is 11.5 Å². The van der Waals surface area contributed by atoms with Gasteiger partial charge in [0.25, 0.3) is 5.91 Å². The van der Waals surface area contributed by atoms with E-state index in [4.69, 9.17) is 11.6 Å². The molecule has 2 heterocycles. The predicted octanol–water partition coefficient (Wildman–Crippen LogP) is 1.84. The maximum Gasteiger partial charge on any atom is 0.320 e. The van der Waals surface area contributed by atoms with E-state index in [1.54, 1.807) is 23.1 Å². The minimum atomic E-state index is -1.11. The van der Waals surface area contributed by atoms with Gasteiger partial charge in [0.15, 0.2) is 6.29 Å². The van der Waals surface area contributed by atoms with E-state index >= 15 is 0 Å². The van der Waals surface area contributed by atoms with Crippen molar-refractivity contribution in [3.05, 3.63) is 93.9 Å². The van der Waals surface area contributed by atoms with E-state index in [2.05, 4.69) is 31.1 Å². The molecule has 2 aromatic carbocycles. The fourth-order valence-electron chi connectivity index (χ4n) is 4.30. The van der Waals surface area contributed by atoms with Crippen LogP contribution < -0.4 is 27.6 Å². The van der Waals surface area contributed by atoms with E-state index in [9.17, 15) is 29.5 Å². The molecule has 1 saturated heterocycles. The van der Waals surface area contributed by atoms with Crippen molar-refractivity contribution in [2.45, 2.75) is 0 Å². The highest BCUT2D eigenvalue weighted by molar-refractivity contribution is 5.98. The van der Waals surface area contributed by atoms with Crippen molar-refractivity contribution in [3.8, 4) is 11.5 Å². The largest absolute Gasteiger partial charge is 0.507 e. The van der Waals surface area contributed by atoms with Crippen molar-refractivity contribution in [1.82, 2.24) is 20.2 Å². The molecule has 1 aromatic heterocycles. The van der Waals surface area contributed by atoms with Crippen LogP contribution in [-0.2, 0) is 0 Å². The lowest BCUT2D eigenvalue weighted by Crippen LogP contribution is -2.47. The number of hydrazine groups is 1. The Morgan fingerprint density at radius 2 is 1.57 bits per heavy atom. The number of nitrogens with zero attached hydrogens (tertiary/aromatic N) is 4. The number of amides is 2. The first kappa shape index (κ1) is 31.1. The molecule has 15 heteroatoms. The molecule has 4 rings (SSSR count). The first-order chi connectivity index (χ1) is 21.1.